The molecule has 0 bridgehead atoms. The molecular formula is C23H24ClF6NO2. The topological polar surface area (TPSA) is 52.3 Å². The Morgan fingerprint density at radius 1 is 1.15 bits per heavy atom. The highest BCUT2D eigenvalue weighted by Crippen LogP contribution is 2.39. The van der Waals surface area contributed by atoms with Gasteiger partial charge in [0.05, 0.1) is 18.6 Å². The van der Waals surface area contributed by atoms with Crippen LogP contribution in [0.3, 0.4) is 0 Å². The number of aryl methyl sites for hydroxylation is 1. The fourth-order valence-electron chi connectivity index (χ4n) is 3.33. The van der Waals surface area contributed by atoms with Crippen molar-refractivity contribution in [2.75, 3.05) is 6.61 Å². The number of halogens is 7. The zero-order valence-electron chi connectivity index (χ0n) is 17.9. The van der Waals surface area contributed by atoms with Crippen LogP contribution in [-0.2, 0) is 22.1 Å². The van der Waals surface area contributed by atoms with E-state index >= 15 is 0 Å². The van der Waals surface area contributed by atoms with Crippen molar-refractivity contribution in [3.8, 4) is 11.1 Å². The van der Waals surface area contributed by atoms with Crippen LogP contribution in [0.5, 0.6) is 0 Å². The van der Waals surface area contributed by atoms with Gasteiger partial charge in [0.2, 0.25) is 0 Å². The maximum Gasteiger partial charge on any atom is 0.419 e. The second-order valence-electron chi connectivity index (χ2n) is 7.07. The minimum absolute atomic E-state index is 0. The molecule has 0 spiro atoms. The number of carbonyl (C=O) groups is 1. The smallest absolute Gasteiger partial charge is 0.419 e. The highest BCUT2D eigenvalue weighted by Gasteiger charge is 2.37. The number of benzene rings is 2. The van der Waals surface area contributed by atoms with E-state index in [4.69, 9.17) is 10.5 Å². The molecule has 0 saturated heterocycles. The van der Waals surface area contributed by atoms with Crippen LogP contribution >= 0.6 is 12.4 Å². The van der Waals surface area contributed by atoms with Gasteiger partial charge in [-0.1, -0.05) is 12.2 Å². The summed E-state index contributed by atoms with van der Waals surface area (Å²) in [5.74, 6) is -4.46. The molecule has 3 nitrogen and oxygen atoms in total. The van der Waals surface area contributed by atoms with Crippen molar-refractivity contribution >= 4 is 18.4 Å². The number of allylic oxidation sites excluding steroid dienone is 2. The summed E-state index contributed by atoms with van der Waals surface area (Å²) < 4.78 is 88.7. The van der Waals surface area contributed by atoms with E-state index in [0.29, 0.717) is 18.6 Å². The van der Waals surface area contributed by atoms with Gasteiger partial charge in [-0.3, -0.25) is 4.79 Å². The average Bonchev–Trinajstić information content (AvgIpc) is 2.67. The van der Waals surface area contributed by atoms with Crippen molar-refractivity contribution < 1.29 is 35.9 Å². The number of hydrogen-bond donors (Lipinski definition) is 1. The molecule has 2 rings (SSSR count). The summed E-state index contributed by atoms with van der Waals surface area (Å²) in [5.41, 5.74) is 3.05. The van der Waals surface area contributed by atoms with Gasteiger partial charge in [0.15, 0.2) is 0 Å². The Morgan fingerprint density at radius 2 is 1.82 bits per heavy atom. The molecule has 1 atom stereocenters. The summed E-state index contributed by atoms with van der Waals surface area (Å²) in [7, 11) is 0. The molecule has 0 aliphatic carbocycles. The van der Waals surface area contributed by atoms with E-state index in [-0.39, 0.29) is 42.1 Å². The van der Waals surface area contributed by atoms with Gasteiger partial charge < -0.3 is 10.5 Å². The monoisotopic (exact) mass is 495 g/mol. The Morgan fingerprint density at radius 3 is 2.39 bits per heavy atom. The molecule has 0 fully saturated rings. The number of hydrogen-bond acceptors (Lipinski definition) is 3. The Labute approximate surface area is 194 Å². The number of rotatable bonds is 8. The van der Waals surface area contributed by atoms with Gasteiger partial charge in [0.25, 0.3) is 0 Å². The molecule has 0 saturated carbocycles. The normalized spacial score (nSPS) is 12.5. The zero-order valence-corrected chi connectivity index (χ0v) is 18.8. The SMILES string of the molecule is CC=CCCc1cc(F)cc(F)c1-c1cc([C@@H](N)CC(=O)OCC)c(F)c(C(F)(F)F)c1.Cl. The zero-order chi connectivity index (χ0) is 24.1. The molecule has 0 aromatic heterocycles. The highest BCUT2D eigenvalue weighted by atomic mass is 35.5. The van der Waals surface area contributed by atoms with Gasteiger partial charge in [0.1, 0.15) is 17.5 Å². The van der Waals surface area contributed by atoms with E-state index in [1.165, 1.54) is 6.92 Å². The molecule has 0 radical (unpaired) electrons. The number of nitrogens with two attached hydrogens (primary N) is 1. The van der Waals surface area contributed by atoms with Crippen LogP contribution in [0.1, 0.15) is 49.4 Å². The van der Waals surface area contributed by atoms with Gasteiger partial charge in [-0.05, 0) is 56.0 Å². The summed E-state index contributed by atoms with van der Waals surface area (Å²) in [5, 5.41) is 0. The van der Waals surface area contributed by atoms with Crippen LogP contribution in [0.25, 0.3) is 11.1 Å². The summed E-state index contributed by atoms with van der Waals surface area (Å²) in [6.07, 6.45) is -1.71. The lowest BCUT2D eigenvalue weighted by Crippen LogP contribution is -2.21. The van der Waals surface area contributed by atoms with Gasteiger partial charge in [-0.15, -0.1) is 12.4 Å². The Bertz CT molecular complexity index is 1010. The van der Waals surface area contributed by atoms with Gasteiger partial charge >= 0.3 is 12.1 Å². The van der Waals surface area contributed by atoms with E-state index in [1.54, 1.807) is 19.1 Å². The molecule has 0 heterocycles. The van der Waals surface area contributed by atoms with Gasteiger partial charge in [-0.25, -0.2) is 13.2 Å². The Hall–Kier alpha value is -2.52. The fourth-order valence-corrected chi connectivity index (χ4v) is 3.33. The summed E-state index contributed by atoms with van der Waals surface area (Å²) in [6.45, 7) is 3.29. The van der Waals surface area contributed by atoms with Crippen LogP contribution < -0.4 is 5.73 Å². The molecule has 2 aromatic carbocycles. The van der Waals surface area contributed by atoms with Crippen LogP contribution in [0.15, 0.2) is 36.4 Å². The lowest BCUT2D eigenvalue weighted by molar-refractivity contribution is -0.143. The molecule has 0 aliphatic heterocycles. The third kappa shape index (κ3) is 7.23. The van der Waals surface area contributed by atoms with Crippen LogP contribution in [0.2, 0.25) is 0 Å². The molecule has 2 aromatic rings. The quantitative estimate of drug-likeness (QED) is 0.253. The fraction of sp³-hybridized carbons (Fsp3) is 0.348. The number of alkyl halides is 3. The summed E-state index contributed by atoms with van der Waals surface area (Å²) >= 11 is 0. The molecule has 10 heteroatoms. The lowest BCUT2D eigenvalue weighted by atomic mass is 9.90. The predicted octanol–water partition coefficient (Wildman–Crippen LogP) is 6.67. The standard InChI is InChI=1S/C23H23F6NO2.ClH/c1-3-5-6-7-13-8-15(24)11-18(25)21(13)14-9-16(19(30)12-20(31)32-4-2)22(26)17(10-14)23(27,28)29;/h3,5,8-11,19H,4,6-7,12,30H2,1-2H3;1H/t19-;/m0./s1. The van der Waals surface area contributed by atoms with Crippen molar-refractivity contribution in [1.82, 2.24) is 0 Å². The van der Waals surface area contributed by atoms with Crippen molar-refractivity contribution in [1.29, 1.82) is 0 Å². The molecule has 0 amide bonds. The van der Waals surface area contributed by atoms with E-state index in [2.05, 4.69) is 0 Å². The Balaban J connectivity index is 0.00000544. The second-order valence-corrected chi connectivity index (χ2v) is 7.07. The molecule has 2 N–H and O–H groups in total. The van der Waals surface area contributed by atoms with Crippen molar-refractivity contribution in [3.63, 3.8) is 0 Å². The first-order valence-corrected chi connectivity index (χ1v) is 9.90. The minimum Gasteiger partial charge on any atom is -0.466 e. The molecular weight excluding hydrogens is 472 g/mol. The Kier molecular flexibility index (Phi) is 10.4. The van der Waals surface area contributed by atoms with E-state index < -0.39 is 53.2 Å². The van der Waals surface area contributed by atoms with Crippen LogP contribution in [0, 0.1) is 17.5 Å². The summed E-state index contributed by atoms with van der Waals surface area (Å²) in [4.78, 5) is 11.7. The predicted molar refractivity (Wildman–Crippen MR) is 115 cm³/mol. The third-order valence-electron chi connectivity index (χ3n) is 4.74. The largest absolute Gasteiger partial charge is 0.466 e. The first-order chi connectivity index (χ1) is 15.0. The average molecular weight is 496 g/mol. The maximum atomic E-state index is 14.7. The van der Waals surface area contributed by atoms with E-state index in [1.807, 2.05) is 0 Å². The van der Waals surface area contributed by atoms with Crippen LogP contribution in [-0.4, -0.2) is 12.6 Å². The minimum atomic E-state index is -5.11. The van der Waals surface area contributed by atoms with Crippen molar-refractivity contribution in [3.05, 3.63) is 70.6 Å². The van der Waals surface area contributed by atoms with Crippen molar-refractivity contribution in [2.45, 2.75) is 45.3 Å². The lowest BCUT2D eigenvalue weighted by Gasteiger charge is -2.19. The van der Waals surface area contributed by atoms with E-state index in [9.17, 15) is 31.1 Å². The van der Waals surface area contributed by atoms with E-state index in [0.717, 1.165) is 12.1 Å². The first-order valence-electron chi connectivity index (χ1n) is 9.90. The van der Waals surface area contributed by atoms with Crippen LogP contribution in [0.4, 0.5) is 26.3 Å². The van der Waals surface area contributed by atoms with Crippen molar-refractivity contribution in [2.24, 2.45) is 5.73 Å². The number of esters is 1. The second kappa shape index (κ2) is 12.1. The van der Waals surface area contributed by atoms with Gasteiger partial charge in [0, 0.05) is 23.2 Å². The maximum absolute atomic E-state index is 14.7. The third-order valence-corrected chi connectivity index (χ3v) is 4.74. The first kappa shape index (κ1) is 28.5. The summed E-state index contributed by atoms with van der Waals surface area (Å²) in [6, 6.07) is 1.53. The molecule has 33 heavy (non-hydrogen) atoms. The number of carbonyl (C=O) groups excluding carboxylic acids is 1. The number of ether oxygens (including phenoxy) is 1. The molecule has 182 valence electrons. The molecule has 0 aliphatic rings. The highest BCUT2D eigenvalue weighted by molar-refractivity contribution is 5.85. The molecule has 0 unspecified atom stereocenters. The van der Waals surface area contributed by atoms with Gasteiger partial charge in [-0.2, -0.15) is 13.2 Å².